The van der Waals surface area contributed by atoms with E-state index in [1.54, 1.807) is 17.9 Å². The molecule has 0 atom stereocenters. The maximum absolute atomic E-state index is 14.1. The van der Waals surface area contributed by atoms with Crippen molar-refractivity contribution in [2.24, 2.45) is 7.05 Å². The molecule has 8 nitrogen and oxygen atoms in total. The molecule has 4 aromatic rings. The number of hydrogen-bond donors (Lipinski definition) is 2. The summed E-state index contributed by atoms with van der Waals surface area (Å²) in [7, 11) is 1.80. The Bertz CT molecular complexity index is 1220. The van der Waals surface area contributed by atoms with Crippen molar-refractivity contribution in [3.8, 4) is 11.1 Å². The molecule has 0 spiro atoms. The number of fused-ring (bicyclic) bond motifs is 1. The zero-order chi connectivity index (χ0) is 20.0. The molecule has 0 aliphatic heterocycles. The van der Waals surface area contributed by atoms with Gasteiger partial charge in [0.1, 0.15) is 23.5 Å². The van der Waals surface area contributed by atoms with Crippen molar-refractivity contribution in [1.29, 1.82) is 0 Å². The highest BCUT2D eigenvalue weighted by Gasteiger charge is 2.28. The van der Waals surface area contributed by atoms with E-state index in [4.69, 9.17) is 0 Å². The lowest BCUT2D eigenvalue weighted by Gasteiger charge is -2.07. The molecule has 1 fully saturated rings. The number of H-pyrrole nitrogens is 1. The molecule has 29 heavy (non-hydrogen) atoms. The van der Waals surface area contributed by atoms with Crippen LogP contribution in [-0.4, -0.2) is 35.6 Å². The Labute approximate surface area is 165 Å². The minimum absolute atomic E-state index is 0.166. The number of carbonyl (C=O) groups excluding carboxylic acids is 1. The Kier molecular flexibility index (Phi) is 4.08. The van der Waals surface area contributed by atoms with Crippen molar-refractivity contribution in [2.75, 3.05) is 0 Å². The number of amides is 1. The van der Waals surface area contributed by atoms with Gasteiger partial charge in [0.15, 0.2) is 11.3 Å². The molecule has 1 amide bonds. The van der Waals surface area contributed by atoms with Gasteiger partial charge in [0.25, 0.3) is 5.91 Å². The monoisotopic (exact) mass is 391 g/mol. The van der Waals surface area contributed by atoms with Gasteiger partial charge in [-0.05, 0) is 42.2 Å². The van der Waals surface area contributed by atoms with Crippen LogP contribution in [-0.2, 0) is 13.6 Å². The number of aromatic nitrogens is 6. The van der Waals surface area contributed by atoms with Gasteiger partial charge in [-0.1, -0.05) is 0 Å². The molecule has 5 rings (SSSR count). The van der Waals surface area contributed by atoms with Gasteiger partial charge in [0.05, 0.1) is 6.20 Å². The molecule has 1 aliphatic carbocycles. The predicted molar refractivity (Wildman–Crippen MR) is 103 cm³/mol. The molecule has 9 heteroatoms. The van der Waals surface area contributed by atoms with Crippen molar-refractivity contribution in [3.63, 3.8) is 0 Å². The number of imidazole rings is 1. The van der Waals surface area contributed by atoms with Crippen LogP contribution in [0.25, 0.3) is 22.3 Å². The molecule has 1 aromatic carbocycles. The third-order valence-electron chi connectivity index (χ3n) is 4.93. The standard InChI is InChI=1S/C20H18FN7O/c1-28-9-14(8-25-28)13-4-11(5-15(21)6-13)7-22-20(29)17-16-19(24-10-23-17)27-18(26-16)12-2-3-12/h4-6,8-10,12H,2-3,7H2,1H3,(H,22,29)(H,23,24,26,27). The zero-order valence-corrected chi connectivity index (χ0v) is 15.7. The molecule has 1 aliphatic rings. The molecule has 3 heterocycles. The number of benzene rings is 1. The van der Waals surface area contributed by atoms with Gasteiger partial charge in [-0.15, -0.1) is 0 Å². The van der Waals surface area contributed by atoms with E-state index in [1.165, 1.54) is 18.5 Å². The molecular weight excluding hydrogens is 373 g/mol. The highest BCUT2D eigenvalue weighted by molar-refractivity contribution is 6.02. The molecule has 0 bridgehead atoms. The van der Waals surface area contributed by atoms with Gasteiger partial charge >= 0.3 is 0 Å². The van der Waals surface area contributed by atoms with E-state index in [9.17, 15) is 9.18 Å². The fourth-order valence-corrected chi connectivity index (χ4v) is 3.32. The molecule has 1 saturated carbocycles. The average molecular weight is 391 g/mol. The second kappa shape index (κ2) is 6.77. The van der Waals surface area contributed by atoms with Crippen molar-refractivity contribution in [1.82, 2.24) is 35.0 Å². The van der Waals surface area contributed by atoms with Crippen LogP contribution in [0.2, 0.25) is 0 Å². The lowest BCUT2D eigenvalue weighted by Crippen LogP contribution is -2.24. The predicted octanol–water partition coefficient (Wildman–Crippen LogP) is 2.70. The summed E-state index contributed by atoms with van der Waals surface area (Å²) in [6.45, 7) is 0.166. The molecule has 2 N–H and O–H groups in total. The average Bonchev–Trinajstić information content (AvgIpc) is 3.31. The van der Waals surface area contributed by atoms with E-state index in [-0.39, 0.29) is 24.0 Å². The van der Waals surface area contributed by atoms with E-state index in [1.807, 2.05) is 12.3 Å². The number of nitrogens with one attached hydrogen (secondary N) is 2. The molecule has 0 unspecified atom stereocenters. The van der Waals surface area contributed by atoms with Gasteiger partial charge in [0.2, 0.25) is 0 Å². The summed E-state index contributed by atoms with van der Waals surface area (Å²) in [6.07, 6.45) is 6.99. The van der Waals surface area contributed by atoms with E-state index in [0.29, 0.717) is 28.2 Å². The summed E-state index contributed by atoms with van der Waals surface area (Å²) in [5.74, 6) is 0.525. The van der Waals surface area contributed by atoms with Gasteiger partial charge in [-0.3, -0.25) is 9.48 Å². The van der Waals surface area contributed by atoms with Crippen LogP contribution in [0.15, 0.2) is 36.9 Å². The Hall–Kier alpha value is -3.62. The molecule has 3 aromatic heterocycles. The summed E-state index contributed by atoms with van der Waals surface area (Å²) < 4.78 is 15.7. The number of rotatable bonds is 5. The number of nitrogens with zero attached hydrogens (tertiary/aromatic N) is 5. The minimum atomic E-state index is -0.373. The molecule has 0 radical (unpaired) electrons. The Morgan fingerprint density at radius 1 is 1.28 bits per heavy atom. The fraction of sp³-hybridized carbons (Fsp3) is 0.250. The summed E-state index contributed by atoms with van der Waals surface area (Å²) in [6, 6.07) is 4.68. The quantitative estimate of drug-likeness (QED) is 0.545. The van der Waals surface area contributed by atoms with E-state index < -0.39 is 0 Å². The molecule has 0 saturated heterocycles. The lowest BCUT2D eigenvalue weighted by atomic mass is 10.1. The minimum Gasteiger partial charge on any atom is -0.347 e. The number of hydrogen-bond acceptors (Lipinski definition) is 5. The van der Waals surface area contributed by atoms with Crippen molar-refractivity contribution in [2.45, 2.75) is 25.3 Å². The highest BCUT2D eigenvalue weighted by atomic mass is 19.1. The van der Waals surface area contributed by atoms with Crippen LogP contribution >= 0.6 is 0 Å². The van der Waals surface area contributed by atoms with E-state index in [0.717, 1.165) is 24.2 Å². The third-order valence-corrected chi connectivity index (χ3v) is 4.93. The van der Waals surface area contributed by atoms with Crippen molar-refractivity contribution < 1.29 is 9.18 Å². The van der Waals surface area contributed by atoms with Crippen LogP contribution in [0, 0.1) is 5.82 Å². The second-order valence-electron chi connectivity index (χ2n) is 7.25. The van der Waals surface area contributed by atoms with Crippen LogP contribution in [0.3, 0.4) is 0 Å². The van der Waals surface area contributed by atoms with E-state index in [2.05, 4.69) is 30.4 Å². The summed E-state index contributed by atoms with van der Waals surface area (Å²) >= 11 is 0. The maximum Gasteiger partial charge on any atom is 0.272 e. The summed E-state index contributed by atoms with van der Waals surface area (Å²) in [5.41, 5.74) is 3.40. The first-order chi connectivity index (χ1) is 14.1. The van der Waals surface area contributed by atoms with E-state index >= 15 is 0 Å². The first kappa shape index (κ1) is 17.5. The smallest absolute Gasteiger partial charge is 0.272 e. The maximum atomic E-state index is 14.1. The van der Waals surface area contributed by atoms with Crippen LogP contribution in [0.5, 0.6) is 0 Å². The number of aryl methyl sites for hydroxylation is 1. The zero-order valence-electron chi connectivity index (χ0n) is 15.7. The van der Waals surface area contributed by atoms with Crippen LogP contribution in [0.4, 0.5) is 4.39 Å². The fourth-order valence-electron chi connectivity index (χ4n) is 3.32. The second-order valence-corrected chi connectivity index (χ2v) is 7.25. The van der Waals surface area contributed by atoms with Crippen molar-refractivity contribution in [3.05, 3.63) is 59.8 Å². The van der Waals surface area contributed by atoms with Gasteiger partial charge < -0.3 is 10.3 Å². The Balaban J connectivity index is 1.37. The third kappa shape index (κ3) is 3.46. The number of halogens is 1. The number of carbonyl (C=O) groups is 1. The lowest BCUT2D eigenvalue weighted by molar-refractivity contribution is 0.0947. The topological polar surface area (TPSA) is 101 Å². The van der Waals surface area contributed by atoms with Gasteiger partial charge in [-0.2, -0.15) is 5.10 Å². The highest BCUT2D eigenvalue weighted by Crippen LogP contribution is 2.38. The number of aromatic amines is 1. The Morgan fingerprint density at radius 2 is 2.14 bits per heavy atom. The normalized spacial score (nSPS) is 13.7. The summed E-state index contributed by atoms with van der Waals surface area (Å²) in [4.78, 5) is 28.6. The SMILES string of the molecule is Cn1cc(-c2cc(F)cc(CNC(=O)c3ncnc4nc(C5CC5)[nH]c34)c2)cn1. The molecule has 146 valence electrons. The largest absolute Gasteiger partial charge is 0.347 e. The van der Waals surface area contributed by atoms with Crippen LogP contribution < -0.4 is 5.32 Å². The first-order valence-corrected chi connectivity index (χ1v) is 9.34. The van der Waals surface area contributed by atoms with Crippen LogP contribution in [0.1, 0.15) is 40.6 Å². The first-order valence-electron chi connectivity index (χ1n) is 9.34. The Morgan fingerprint density at radius 3 is 2.90 bits per heavy atom. The van der Waals surface area contributed by atoms with Gasteiger partial charge in [-0.25, -0.2) is 19.3 Å². The van der Waals surface area contributed by atoms with Gasteiger partial charge in [0, 0.05) is 31.3 Å². The summed E-state index contributed by atoms with van der Waals surface area (Å²) in [5, 5.41) is 6.92. The molecular formula is C20H18FN7O. The van der Waals surface area contributed by atoms with Crippen molar-refractivity contribution >= 4 is 17.1 Å².